The summed E-state index contributed by atoms with van der Waals surface area (Å²) in [6, 6.07) is 12.5. The highest BCUT2D eigenvalue weighted by Crippen LogP contribution is 2.29. The summed E-state index contributed by atoms with van der Waals surface area (Å²) in [5, 5.41) is 5.41. The van der Waals surface area contributed by atoms with E-state index in [1.165, 1.54) is 10.9 Å². The minimum absolute atomic E-state index is 0.757. The monoisotopic (exact) mass is 348 g/mol. The molecule has 0 atom stereocenters. The van der Waals surface area contributed by atoms with Crippen LogP contribution in [-0.4, -0.2) is 4.98 Å². The molecule has 0 bridgehead atoms. The lowest BCUT2D eigenvalue weighted by Gasteiger charge is -2.11. The molecule has 3 aromatic rings. The number of aryl methyl sites for hydroxylation is 1. The molecule has 0 aliphatic rings. The third-order valence-corrected chi connectivity index (χ3v) is 4.41. The molecule has 0 saturated carbocycles. The maximum absolute atomic E-state index is 6.17. The first-order valence-corrected chi connectivity index (χ1v) is 7.56. The molecule has 0 saturated heterocycles. The molecule has 20 heavy (non-hydrogen) atoms. The number of aromatic nitrogens is 1. The molecule has 0 amide bonds. The van der Waals surface area contributed by atoms with Crippen LogP contribution in [0.3, 0.4) is 0 Å². The predicted molar refractivity (Wildman–Crippen MR) is 89.5 cm³/mol. The molecule has 0 unspecified atom stereocenters. The van der Waals surface area contributed by atoms with E-state index in [4.69, 9.17) is 11.6 Å². The van der Waals surface area contributed by atoms with Gasteiger partial charge in [-0.1, -0.05) is 23.7 Å². The summed E-state index contributed by atoms with van der Waals surface area (Å²) in [7, 11) is 0. The third-order valence-electron chi connectivity index (χ3n) is 3.35. The molecule has 0 aliphatic carbocycles. The Hall–Kier alpha value is -1.45. The number of hydrogen-bond acceptors (Lipinski definition) is 1. The van der Waals surface area contributed by atoms with Crippen LogP contribution in [0.25, 0.3) is 10.9 Å². The number of benzene rings is 2. The summed E-state index contributed by atoms with van der Waals surface area (Å²) in [5.74, 6) is 0. The average Bonchev–Trinajstić information content (AvgIpc) is 2.89. The smallest absolute Gasteiger partial charge is 0.0502 e. The quantitative estimate of drug-likeness (QED) is 0.641. The van der Waals surface area contributed by atoms with E-state index >= 15 is 0 Å². The van der Waals surface area contributed by atoms with Gasteiger partial charge in [0.1, 0.15) is 0 Å². The van der Waals surface area contributed by atoms with Gasteiger partial charge in [0.2, 0.25) is 0 Å². The van der Waals surface area contributed by atoms with Crippen LogP contribution in [0.5, 0.6) is 0 Å². The fourth-order valence-corrected chi connectivity index (χ4v) is 2.95. The van der Waals surface area contributed by atoms with Gasteiger partial charge in [0.15, 0.2) is 0 Å². The zero-order valence-electron chi connectivity index (χ0n) is 11.0. The summed E-state index contributed by atoms with van der Waals surface area (Å²) >= 11 is 9.73. The Balaban J connectivity index is 1.80. The van der Waals surface area contributed by atoms with Crippen molar-refractivity contribution in [3.05, 3.63) is 63.2 Å². The summed E-state index contributed by atoms with van der Waals surface area (Å²) in [6.07, 6.45) is 1.96. The van der Waals surface area contributed by atoms with E-state index in [1.807, 2.05) is 25.3 Å². The van der Waals surface area contributed by atoms with Gasteiger partial charge in [-0.3, -0.25) is 0 Å². The molecule has 1 heterocycles. The molecule has 102 valence electrons. The molecule has 2 aromatic carbocycles. The van der Waals surface area contributed by atoms with Crippen LogP contribution < -0.4 is 5.32 Å². The van der Waals surface area contributed by atoms with Crippen molar-refractivity contribution in [2.75, 3.05) is 5.32 Å². The first kappa shape index (κ1) is 13.5. The molecule has 2 nitrogen and oxygen atoms in total. The van der Waals surface area contributed by atoms with E-state index in [0.717, 1.165) is 32.8 Å². The van der Waals surface area contributed by atoms with Gasteiger partial charge < -0.3 is 10.3 Å². The maximum Gasteiger partial charge on any atom is 0.0502 e. The van der Waals surface area contributed by atoms with Crippen LogP contribution in [0.1, 0.15) is 11.1 Å². The SMILES string of the molecule is Cc1cc(Br)c(NCc2ccc3cc[nH]c3c2)cc1Cl. The second-order valence-corrected chi connectivity index (χ2v) is 6.10. The van der Waals surface area contributed by atoms with Gasteiger partial charge in [-0.2, -0.15) is 0 Å². The first-order valence-electron chi connectivity index (χ1n) is 6.39. The Bertz CT molecular complexity index is 764. The fourth-order valence-electron chi connectivity index (χ4n) is 2.18. The van der Waals surface area contributed by atoms with Crippen molar-refractivity contribution in [3.63, 3.8) is 0 Å². The topological polar surface area (TPSA) is 27.8 Å². The van der Waals surface area contributed by atoms with Gasteiger partial charge in [0.05, 0.1) is 5.69 Å². The van der Waals surface area contributed by atoms with E-state index in [0.29, 0.717) is 0 Å². The molecular formula is C16H14BrClN2. The summed E-state index contributed by atoms with van der Waals surface area (Å²) in [6.45, 7) is 2.75. The van der Waals surface area contributed by atoms with Crippen LogP contribution >= 0.6 is 27.5 Å². The molecule has 3 rings (SSSR count). The largest absolute Gasteiger partial charge is 0.380 e. The normalized spacial score (nSPS) is 10.9. The molecule has 0 fully saturated rings. The third kappa shape index (κ3) is 2.69. The van der Waals surface area contributed by atoms with Crippen molar-refractivity contribution in [2.24, 2.45) is 0 Å². The number of halogens is 2. The van der Waals surface area contributed by atoms with Crippen LogP contribution in [0.15, 0.2) is 47.1 Å². The number of anilines is 1. The summed E-state index contributed by atoms with van der Waals surface area (Å²) in [4.78, 5) is 3.23. The number of hydrogen-bond donors (Lipinski definition) is 2. The van der Waals surface area contributed by atoms with Crippen molar-refractivity contribution >= 4 is 44.1 Å². The predicted octanol–water partition coefficient (Wildman–Crippen LogP) is 5.50. The number of nitrogens with one attached hydrogen (secondary N) is 2. The van der Waals surface area contributed by atoms with E-state index in [2.05, 4.69) is 50.5 Å². The fraction of sp³-hybridized carbons (Fsp3) is 0.125. The van der Waals surface area contributed by atoms with Crippen LogP contribution in [0, 0.1) is 6.92 Å². The Morgan fingerprint density at radius 2 is 2.05 bits per heavy atom. The van der Waals surface area contributed by atoms with Gasteiger partial charge in [-0.25, -0.2) is 0 Å². The number of aromatic amines is 1. The summed E-state index contributed by atoms with van der Waals surface area (Å²) < 4.78 is 1.03. The van der Waals surface area contributed by atoms with Crippen molar-refractivity contribution in [2.45, 2.75) is 13.5 Å². The van der Waals surface area contributed by atoms with Crippen molar-refractivity contribution in [1.82, 2.24) is 4.98 Å². The lowest BCUT2D eigenvalue weighted by molar-refractivity contribution is 1.15. The Morgan fingerprint density at radius 1 is 1.20 bits per heavy atom. The van der Waals surface area contributed by atoms with Gasteiger partial charge in [0.25, 0.3) is 0 Å². The van der Waals surface area contributed by atoms with Gasteiger partial charge in [-0.15, -0.1) is 0 Å². The Labute approximate surface area is 131 Å². The average molecular weight is 350 g/mol. The van der Waals surface area contributed by atoms with Crippen molar-refractivity contribution < 1.29 is 0 Å². The molecule has 2 N–H and O–H groups in total. The highest BCUT2D eigenvalue weighted by molar-refractivity contribution is 9.10. The Morgan fingerprint density at radius 3 is 2.90 bits per heavy atom. The number of rotatable bonds is 3. The van der Waals surface area contributed by atoms with E-state index < -0.39 is 0 Å². The minimum Gasteiger partial charge on any atom is -0.380 e. The lowest BCUT2D eigenvalue weighted by Crippen LogP contribution is -2.00. The second-order valence-electron chi connectivity index (χ2n) is 4.83. The van der Waals surface area contributed by atoms with E-state index in [-0.39, 0.29) is 0 Å². The Kier molecular flexibility index (Phi) is 3.72. The molecule has 0 radical (unpaired) electrons. The zero-order chi connectivity index (χ0) is 14.1. The first-order chi connectivity index (χ1) is 9.63. The van der Waals surface area contributed by atoms with Gasteiger partial charge >= 0.3 is 0 Å². The highest BCUT2D eigenvalue weighted by atomic mass is 79.9. The molecule has 0 spiro atoms. The van der Waals surface area contributed by atoms with Crippen LogP contribution in [-0.2, 0) is 6.54 Å². The number of H-pyrrole nitrogens is 1. The molecular weight excluding hydrogens is 336 g/mol. The van der Waals surface area contributed by atoms with Crippen LogP contribution in [0.2, 0.25) is 5.02 Å². The zero-order valence-corrected chi connectivity index (χ0v) is 13.3. The van der Waals surface area contributed by atoms with Crippen molar-refractivity contribution in [1.29, 1.82) is 0 Å². The standard InChI is InChI=1S/C16H14BrClN2/c1-10-6-13(17)16(8-14(10)18)20-9-11-2-3-12-4-5-19-15(12)7-11/h2-8,19-20H,9H2,1H3. The van der Waals surface area contributed by atoms with Gasteiger partial charge in [0, 0.05) is 27.8 Å². The summed E-state index contributed by atoms with van der Waals surface area (Å²) in [5.41, 5.74) is 4.46. The second kappa shape index (κ2) is 5.51. The molecule has 0 aliphatic heterocycles. The minimum atomic E-state index is 0.757. The lowest BCUT2D eigenvalue weighted by atomic mass is 10.1. The van der Waals surface area contributed by atoms with Gasteiger partial charge in [-0.05, 0) is 63.6 Å². The van der Waals surface area contributed by atoms with Crippen LogP contribution in [0.4, 0.5) is 5.69 Å². The highest BCUT2D eigenvalue weighted by Gasteiger charge is 2.04. The molecule has 4 heteroatoms. The maximum atomic E-state index is 6.17. The van der Waals surface area contributed by atoms with E-state index in [1.54, 1.807) is 0 Å². The van der Waals surface area contributed by atoms with E-state index in [9.17, 15) is 0 Å². The van der Waals surface area contributed by atoms with Crippen molar-refractivity contribution in [3.8, 4) is 0 Å². The number of fused-ring (bicyclic) bond motifs is 1. The molecule has 1 aromatic heterocycles.